The number of benzene rings is 2. The largest absolute Gasteiger partial charge is 0.465 e. The molecule has 1 N–H and O–H groups in total. The maximum absolute atomic E-state index is 13.6. The van der Waals surface area contributed by atoms with Crippen molar-refractivity contribution in [3.8, 4) is 0 Å². The summed E-state index contributed by atoms with van der Waals surface area (Å²) in [5, 5.41) is 0. The van der Waals surface area contributed by atoms with Gasteiger partial charge in [-0.05, 0) is 42.8 Å². The number of ether oxygens (including phenoxy) is 1. The number of nitrogens with one attached hydrogen (secondary N) is 1. The molecule has 0 bridgehead atoms. The number of carbonyl (C=O) groups excluding carboxylic acids is 1. The van der Waals surface area contributed by atoms with Gasteiger partial charge in [0.2, 0.25) is 0 Å². The third kappa shape index (κ3) is 3.25. The first-order chi connectivity index (χ1) is 10.3. The highest BCUT2D eigenvalue weighted by Crippen LogP contribution is 2.22. The van der Waals surface area contributed by atoms with Crippen molar-refractivity contribution in [2.75, 3.05) is 11.8 Å². The highest BCUT2D eigenvalue weighted by atomic mass is 32.2. The molecule has 0 spiro atoms. The molecule has 0 heterocycles. The van der Waals surface area contributed by atoms with E-state index in [1.165, 1.54) is 43.5 Å². The minimum absolute atomic E-state index is 0.260. The average Bonchev–Trinajstić information content (AvgIpc) is 2.48. The number of hydrogen-bond donors (Lipinski definition) is 1. The summed E-state index contributed by atoms with van der Waals surface area (Å²) >= 11 is 0. The minimum Gasteiger partial charge on any atom is -0.465 e. The smallest absolute Gasteiger partial charge is 0.337 e. The monoisotopic (exact) mass is 323 g/mol. The van der Waals surface area contributed by atoms with Crippen LogP contribution in [0.25, 0.3) is 0 Å². The number of aryl methyl sites for hydroxylation is 1. The van der Waals surface area contributed by atoms with Crippen LogP contribution in [0.2, 0.25) is 0 Å². The van der Waals surface area contributed by atoms with E-state index in [2.05, 4.69) is 9.46 Å². The molecule has 0 radical (unpaired) electrons. The fourth-order valence-corrected chi connectivity index (χ4v) is 3.10. The average molecular weight is 323 g/mol. The first-order valence-corrected chi connectivity index (χ1v) is 7.80. The van der Waals surface area contributed by atoms with Crippen molar-refractivity contribution >= 4 is 21.7 Å². The molecule has 0 atom stereocenters. The highest BCUT2D eigenvalue weighted by molar-refractivity contribution is 7.92. The molecule has 5 nitrogen and oxygen atoms in total. The Morgan fingerprint density at radius 1 is 1.18 bits per heavy atom. The van der Waals surface area contributed by atoms with Crippen LogP contribution in [0.1, 0.15) is 15.9 Å². The Labute approximate surface area is 127 Å². The van der Waals surface area contributed by atoms with E-state index in [9.17, 15) is 17.6 Å². The molecule has 0 unspecified atom stereocenters. The van der Waals surface area contributed by atoms with Gasteiger partial charge in [0.15, 0.2) is 0 Å². The number of rotatable bonds is 4. The number of carbonyl (C=O) groups is 1. The van der Waals surface area contributed by atoms with Gasteiger partial charge in [0.05, 0.1) is 18.4 Å². The van der Waals surface area contributed by atoms with Crippen molar-refractivity contribution in [2.45, 2.75) is 11.8 Å². The molecular formula is C15H14FNO4S. The van der Waals surface area contributed by atoms with Gasteiger partial charge in [0.25, 0.3) is 10.0 Å². The third-order valence-electron chi connectivity index (χ3n) is 3.02. The molecule has 7 heteroatoms. The summed E-state index contributed by atoms with van der Waals surface area (Å²) in [6.45, 7) is 1.63. The zero-order valence-electron chi connectivity index (χ0n) is 12.0. The molecule has 22 heavy (non-hydrogen) atoms. The first kappa shape index (κ1) is 16.0. The van der Waals surface area contributed by atoms with Crippen molar-refractivity contribution in [2.24, 2.45) is 0 Å². The SMILES string of the molecule is COC(=O)c1ccc(NS(=O)(=O)c2ccccc2F)c(C)c1. The van der Waals surface area contributed by atoms with Gasteiger partial charge in [-0.15, -0.1) is 0 Å². The maximum Gasteiger partial charge on any atom is 0.337 e. The van der Waals surface area contributed by atoms with Gasteiger partial charge in [0, 0.05) is 0 Å². The van der Waals surface area contributed by atoms with Crippen molar-refractivity contribution in [1.82, 2.24) is 0 Å². The van der Waals surface area contributed by atoms with Gasteiger partial charge < -0.3 is 4.74 Å². The Balaban J connectivity index is 2.35. The molecule has 0 saturated carbocycles. The fourth-order valence-electron chi connectivity index (χ4n) is 1.89. The van der Waals surface area contributed by atoms with Crippen LogP contribution < -0.4 is 4.72 Å². The van der Waals surface area contributed by atoms with Gasteiger partial charge in [-0.25, -0.2) is 17.6 Å². The minimum atomic E-state index is -4.05. The maximum atomic E-state index is 13.6. The number of halogens is 1. The number of methoxy groups -OCH3 is 1. The van der Waals surface area contributed by atoms with Crippen LogP contribution in [0, 0.1) is 12.7 Å². The standard InChI is InChI=1S/C15H14FNO4S/c1-10-9-11(15(18)21-2)7-8-13(10)17-22(19,20)14-6-4-3-5-12(14)16/h3-9,17H,1-2H3. The van der Waals surface area contributed by atoms with Gasteiger partial charge in [0.1, 0.15) is 10.7 Å². The van der Waals surface area contributed by atoms with Crippen LogP contribution in [0.4, 0.5) is 10.1 Å². The molecule has 2 rings (SSSR count). The van der Waals surface area contributed by atoms with Crippen LogP contribution in [-0.2, 0) is 14.8 Å². The first-order valence-electron chi connectivity index (χ1n) is 6.31. The molecule has 2 aromatic rings. The predicted molar refractivity (Wildman–Crippen MR) is 79.7 cm³/mol. The number of sulfonamides is 1. The van der Waals surface area contributed by atoms with E-state index in [-0.39, 0.29) is 5.69 Å². The highest BCUT2D eigenvalue weighted by Gasteiger charge is 2.19. The van der Waals surface area contributed by atoms with E-state index in [1.807, 2.05) is 0 Å². The fraction of sp³-hybridized carbons (Fsp3) is 0.133. The van der Waals surface area contributed by atoms with Crippen LogP contribution in [0.15, 0.2) is 47.4 Å². The second-order valence-electron chi connectivity index (χ2n) is 4.56. The molecule has 0 saturated heterocycles. The lowest BCUT2D eigenvalue weighted by atomic mass is 10.1. The van der Waals surface area contributed by atoms with Crippen molar-refractivity contribution in [1.29, 1.82) is 0 Å². The lowest BCUT2D eigenvalue weighted by Gasteiger charge is -2.12. The molecule has 0 amide bonds. The van der Waals surface area contributed by atoms with E-state index in [0.29, 0.717) is 11.1 Å². The van der Waals surface area contributed by atoms with Gasteiger partial charge in [-0.3, -0.25) is 4.72 Å². The second-order valence-corrected chi connectivity index (χ2v) is 6.21. The number of esters is 1. The predicted octanol–water partition coefficient (Wildman–Crippen LogP) is 2.72. The molecule has 116 valence electrons. The molecule has 2 aromatic carbocycles. The zero-order valence-corrected chi connectivity index (χ0v) is 12.8. The lowest BCUT2D eigenvalue weighted by molar-refractivity contribution is 0.0600. The summed E-state index contributed by atoms with van der Waals surface area (Å²) < 4.78 is 44.9. The summed E-state index contributed by atoms with van der Waals surface area (Å²) in [6.07, 6.45) is 0. The summed E-state index contributed by atoms with van der Waals surface area (Å²) in [6, 6.07) is 9.44. The van der Waals surface area contributed by atoms with Crippen molar-refractivity contribution in [3.63, 3.8) is 0 Å². The summed E-state index contributed by atoms with van der Waals surface area (Å²) in [5.74, 6) is -1.36. The van der Waals surface area contributed by atoms with Crippen molar-refractivity contribution in [3.05, 3.63) is 59.4 Å². The zero-order chi connectivity index (χ0) is 16.3. The summed E-state index contributed by atoms with van der Waals surface area (Å²) in [7, 11) is -2.79. The van der Waals surface area contributed by atoms with Crippen LogP contribution in [-0.4, -0.2) is 21.5 Å². The Bertz CT molecular complexity index is 818. The van der Waals surface area contributed by atoms with E-state index >= 15 is 0 Å². The molecule has 0 aromatic heterocycles. The Hall–Kier alpha value is -2.41. The lowest BCUT2D eigenvalue weighted by Crippen LogP contribution is -2.15. The second kappa shape index (κ2) is 6.15. The summed E-state index contributed by atoms with van der Waals surface area (Å²) in [4.78, 5) is 11.0. The van der Waals surface area contributed by atoms with E-state index in [4.69, 9.17) is 0 Å². The van der Waals surface area contributed by atoms with Crippen LogP contribution in [0.3, 0.4) is 0 Å². The van der Waals surface area contributed by atoms with Gasteiger partial charge in [-0.2, -0.15) is 0 Å². The van der Waals surface area contributed by atoms with E-state index in [1.54, 1.807) is 6.92 Å². The molecule has 0 aliphatic heterocycles. The topological polar surface area (TPSA) is 72.5 Å². The normalized spacial score (nSPS) is 11.0. The molecule has 0 aliphatic rings. The Morgan fingerprint density at radius 2 is 1.86 bits per heavy atom. The molecule has 0 aliphatic carbocycles. The van der Waals surface area contributed by atoms with Gasteiger partial charge >= 0.3 is 5.97 Å². The van der Waals surface area contributed by atoms with E-state index < -0.39 is 26.7 Å². The van der Waals surface area contributed by atoms with E-state index in [0.717, 1.165) is 6.07 Å². The number of anilines is 1. The van der Waals surface area contributed by atoms with Gasteiger partial charge in [-0.1, -0.05) is 12.1 Å². The van der Waals surface area contributed by atoms with Crippen LogP contribution in [0.5, 0.6) is 0 Å². The Kier molecular flexibility index (Phi) is 4.46. The molecule has 0 fully saturated rings. The molecular weight excluding hydrogens is 309 g/mol. The quantitative estimate of drug-likeness (QED) is 0.878. The summed E-state index contributed by atoms with van der Waals surface area (Å²) in [5.41, 5.74) is 1.08. The Morgan fingerprint density at radius 3 is 2.45 bits per heavy atom. The third-order valence-corrected chi connectivity index (χ3v) is 4.42. The number of hydrogen-bond acceptors (Lipinski definition) is 4. The van der Waals surface area contributed by atoms with Crippen molar-refractivity contribution < 1.29 is 22.3 Å². The van der Waals surface area contributed by atoms with Crippen LogP contribution >= 0.6 is 0 Å².